The smallest absolute Gasteiger partial charge is 0.308 e. The van der Waals surface area contributed by atoms with Crippen molar-refractivity contribution in [2.75, 3.05) is 26.9 Å². The Morgan fingerprint density at radius 2 is 1.68 bits per heavy atom. The number of nitrogens with one attached hydrogen (secondary N) is 1. The zero-order valence-corrected chi connectivity index (χ0v) is 23.6. The van der Waals surface area contributed by atoms with E-state index in [2.05, 4.69) is 67.7 Å². The molecule has 0 bridgehead atoms. The molecule has 4 rings (SSSR count). The zero-order valence-electron chi connectivity index (χ0n) is 23.6. The minimum atomic E-state index is -0.133. The van der Waals surface area contributed by atoms with Gasteiger partial charge in [-0.15, -0.1) is 0 Å². The van der Waals surface area contributed by atoms with Gasteiger partial charge in [-0.1, -0.05) is 24.3 Å². The molecule has 6 nitrogen and oxygen atoms in total. The van der Waals surface area contributed by atoms with Crippen LogP contribution in [0.1, 0.15) is 76.8 Å². The summed E-state index contributed by atoms with van der Waals surface area (Å²) in [6, 6.07) is 17.0. The molecule has 1 saturated heterocycles. The summed E-state index contributed by atoms with van der Waals surface area (Å²) in [7, 11) is 1.71. The SMILES string of the molecule is CCOC(=O)[C@H]1CC[C@H](Oc2ccc(CNCCC3(c4ccc(OC)cc4)CCOC(C)(C)C3)cc2)CC1. The highest BCUT2D eigenvalue weighted by Gasteiger charge is 2.41. The molecule has 2 fully saturated rings. The van der Waals surface area contributed by atoms with Crippen LogP contribution in [0.15, 0.2) is 48.5 Å². The van der Waals surface area contributed by atoms with Crippen LogP contribution in [-0.4, -0.2) is 44.5 Å². The normalized spacial score (nSPS) is 24.9. The summed E-state index contributed by atoms with van der Waals surface area (Å²) in [5.74, 6) is 1.76. The second-order valence-corrected chi connectivity index (χ2v) is 11.5. The molecule has 6 heteroatoms. The maximum absolute atomic E-state index is 12.0. The van der Waals surface area contributed by atoms with E-state index in [0.717, 1.165) is 76.1 Å². The fourth-order valence-electron chi connectivity index (χ4n) is 6.14. The lowest BCUT2D eigenvalue weighted by Crippen LogP contribution is -2.45. The third kappa shape index (κ3) is 7.51. The van der Waals surface area contributed by atoms with Crippen molar-refractivity contribution in [2.24, 2.45) is 5.92 Å². The zero-order chi connectivity index (χ0) is 27.0. The minimum Gasteiger partial charge on any atom is -0.497 e. The van der Waals surface area contributed by atoms with Crippen molar-refractivity contribution in [3.05, 3.63) is 59.7 Å². The molecule has 38 heavy (non-hydrogen) atoms. The van der Waals surface area contributed by atoms with Crippen molar-refractivity contribution < 1.29 is 23.7 Å². The third-order valence-electron chi connectivity index (χ3n) is 8.17. The molecule has 1 saturated carbocycles. The number of carbonyl (C=O) groups excluding carboxylic acids is 1. The summed E-state index contributed by atoms with van der Waals surface area (Å²) in [5.41, 5.74) is 2.57. The first-order chi connectivity index (χ1) is 18.3. The lowest BCUT2D eigenvalue weighted by molar-refractivity contribution is -0.149. The number of methoxy groups -OCH3 is 1. The van der Waals surface area contributed by atoms with Gasteiger partial charge in [0, 0.05) is 18.6 Å². The average Bonchev–Trinajstić information content (AvgIpc) is 2.92. The first-order valence-electron chi connectivity index (χ1n) is 14.2. The molecule has 1 aliphatic heterocycles. The van der Waals surface area contributed by atoms with Crippen molar-refractivity contribution in [3.8, 4) is 11.5 Å². The van der Waals surface area contributed by atoms with Crippen LogP contribution < -0.4 is 14.8 Å². The van der Waals surface area contributed by atoms with Crippen molar-refractivity contribution >= 4 is 5.97 Å². The number of carbonyl (C=O) groups is 1. The minimum absolute atomic E-state index is 0.0271. The molecular formula is C32H45NO5. The lowest BCUT2D eigenvalue weighted by atomic mass is 9.67. The molecule has 2 aromatic carbocycles. The summed E-state index contributed by atoms with van der Waals surface area (Å²) in [6.45, 7) is 9.25. The Kier molecular flexibility index (Phi) is 9.72. The number of ether oxygens (including phenoxy) is 4. The Labute approximate surface area is 228 Å². The number of hydrogen-bond donors (Lipinski definition) is 1. The molecule has 1 heterocycles. The van der Waals surface area contributed by atoms with Crippen LogP contribution >= 0.6 is 0 Å². The van der Waals surface area contributed by atoms with E-state index in [1.165, 1.54) is 11.1 Å². The molecule has 2 aliphatic rings. The van der Waals surface area contributed by atoms with Crippen LogP contribution in [0.25, 0.3) is 0 Å². The van der Waals surface area contributed by atoms with Gasteiger partial charge in [-0.3, -0.25) is 4.79 Å². The second kappa shape index (κ2) is 13.0. The van der Waals surface area contributed by atoms with Crippen LogP contribution in [0.4, 0.5) is 0 Å². The van der Waals surface area contributed by atoms with Crippen LogP contribution in [-0.2, 0) is 26.2 Å². The van der Waals surface area contributed by atoms with Crippen molar-refractivity contribution in [1.82, 2.24) is 5.32 Å². The molecule has 1 N–H and O–H groups in total. The monoisotopic (exact) mass is 523 g/mol. The van der Waals surface area contributed by atoms with Gasteiger partial charge in [0.15, 0.2) is 0 Å². The summed E-state index contributed by atoms with van der Waals surface area (Å²) in [5, 5.41) is 3.67. The van der Waals surface area contributed by atoms with Gasteiger partial charge in [0.2, 0.25) is 0 Å². The van der Waals surface area contributed by atoms with E-state index in [1.54, 1.807) is 7.11 Å². The Morgan fingerprint density at radius 3 is 2.32 bits per heavy atom. The van der Waals surface area contributed by atoms with Gasteiger partial charge in [0.1, 0.15) is 11.5 Å². The van der Waals surface area contributed by atoms with Gasteiger partial charge in [-0.05, 0) is 108 Å². The van der Waals surface area contributed by atoms with Crippen LogP contribution in [0.3, 0.4) is 0 Å². The number of benzene rings is 2. The number of rotatable bonds is 11. The van der Waals surface area contributed by atoms with Gasteiger partial charge < -0.3 is 24.3 Å². The maximum atomic E-state index is 12.0. The lowest BCUT2D eigenvalue weighted by Gasteiger charge is -2.45. The molecule has 1 aliphatic carbocycles. The molecule has 0 radical (unpaired) electrons. The molecule has 0 amide bonds. The number of hydrogen-bond acceptors (Lipinski definition) is 6. The van der Waals surface area contributed by atoms with Gasteiger partial charge in [-0.25, -0.2) is 0 Å². The predicted molar refractivity (Wildman–Crippen MR) is 150 cm³/mol. The third-order valence-corrected chi connectivity index (χ3v) is 8.17. The van der Waals surface area contributed by atoms with E-state index in [1.807, 2.05) is 6.92 Å². The van der Waals surface area contributed by atoms with Crippen molar-refractivity contribution in [3.63, 3.8) is 0 Å². The van der Waals surface area contributed by atoms with E-state index in [0.29, 0.717) is 6.61 Å². The fourth-order valence-corrected chi connectivity index (χ4v) is 6.14. The van der Waals surface area contributed by atoms with Crippen molar-refractivity contribution in [2.45, 2.75) is 89.4 Å². The second-order valence-electron chi connectivity index (χ2n) is 11.5. The van der Waals surface area contributed by atoms with Gasteiger partial charge in [0.25, 0.3) is 0 Å². The quantitative estimate of drug-likeness (QED) is 0.279. The molecule has 1 unspecified atom stereocenters. The first kappa shape index (κ1) is 28.4. The predicted octanol–water partition coefficient (Wildman–Crippen LogP) is 6.20. The summed E-state index contributed by atoms with van der Waals surface area (Å²) in [4.78, 5) is 12.0. The largest absolute Gasteiger partial charge is 0.497 e. The molecule has 0 spiro atoms. The Balaban J connectivity index is 1.26. The van der Waals surface area contributed by atoms with Gasteiger partial charge in [0.05, 0.1) is 31.3 Å². The van der Waals surface area contributed by atoms with E-state index >= 15 is 0 Å². The van der Waals surface area contributed by atoms with Gasteiger partial charge >= 0.3 is 5.97 Å². The van der Waals surface area contributed by atoms with Crippen LogP contribution in [0.2, 0.25) is 0 Å². The van der Waals surface area contributed by atoms with Crippen molar-refractivity contribution in [1.29, 1.82) is 0 Å². The van der Waals surface area contributed by atoms with E-state index in [4.69, 9.17) is 18.9 Å². The summed E-state index contributed by atoms with van der Waals surface area (Å²) in [6.07, 6.45) is 6.72. The highest BCUT2D eigenvalue weighted by atomic mass is 16.5. The fraction of sp³-hybridized carbons (Fsp3) is 0.594. The number of esters is 1. The highest BCUT2D eigenvalue weighted by Crippen LogP contribution is 2.44. The topological polar surface area (TPSA) is 66.0 Å². The standard InChI is InChI=1S/C32H45NO5/c1-5-36-30(34)25-8-14-29(15-9-25)38-28-12-6-24(7-13-28)22-33-20-18-32(19-21-37-31(2,3)23-32)26-10-16-27(35-4)17-11-26/h6-7,10-13,16-17,25,29,33H,5,8-9,14-15,18-23H2,1-4H3/t25-,29-,32?. The summed E-state index contributed by atoms with van der Waals surface area (Å²) < 4.78 is 22.8. The average molecular weight is 524 g/mol. The molecule has 208 valence electrons. The Hall–Kier alpha value is -2.57. The Bertz CT molecular complexity index is 1010. The van der Waals surface area contributed by atoms with Crippen LogP contribution in [0, 0.1) is 5.92 Å². The highest BCUT2D eigenvalue weighted by molar-refractivity contribution is 5.72. The molecular weight excluding hydrogens is 478 g/mol. The maximum Gasteiger partial charge on any atom is 0.308 e. The van der Waals surface area contributed by atoms with E-state index < -0.39 is 0 Å². The Morgan fingerprint density at radius 1 is 1.00 bits per heavy atom. The summed E-state index contributed by atoms with van der Waals surface area (Å²) >= 11 is 0. The molecule has 0 aromatic heterocycles. The van der Waals surface area contributed by atoms with E-state index in [-0.39, 0.29) is 29.0 Å². The molecule has 2 aromatic rings. The molecule has 1 atom stereocenters. The van der Waals surface area contributed by atoms with Crippen LogP contribution in [0.5, 0.6) is 11.5 Å². The van der Waals surface area contributed by atoms with Gasteiger partial charge in [-0.2, -0.15) is 0 Å². The first-order valence-corrected chi connectivity index (χ1v) is 14.2. The van der Waals surface area contributed by atoms with E-state index in [9.17, 15) is 4.79 Å².